The highest BCUT2D eigenvalue weighted by molar-refractivity contribution is 6.06. The molecule has 1 N–H and O–H groups in total. The lowest BCUT2D eigenvalue weighted by molar-refractivity contribution is 0.102. The quantitative estimate of drug-likeness (QED) is 0.377. The molecule has 158 valence electrons. The molecule has 1 amide bonds. The van der Waals surface area contributed by atoms with Crippen LogP contribution in [0.25, 0.3) is 22.6 Å². The van der Waals surface area contributed by atoms with Crippen LogP contribution in [0.2, 0.25) is 0 Å². The van der Waals surface area contributed by atoms with Crippen molar-refractivity contribution in [1.29, 1.82) is 0 Å². The van der Waals surface area contributed by atoms with Crippen LogP contribution in [0.5, 0.6) is 0 Å². The molecule has 0 aliphatic carbocycles. The van der Waals surface area contributed by atoms with Gasteiger partial charge in [0.2, 0.25) is 5.89 Å². The summed E-state index contributed by atoms with van der Waals surface area (Å²) in [5.74, 6) is 0.919. The third-order valence-electron chi connectivity index (χ3n) is 5.95. The molecule has 0 bridgehead atoms. The number of carbonyl (C=O) groups is 1. The minimum Gasteiger partial charge on any atom is -0.436 e. The molecule has 4 aromatic rings. The Morgan fingerprint density at radius 1 is 1.00 bits per heavy atom. The van der Waals surface area contributed by atoms with Crippen LogP contribution in [0.1, 0.15) is 58.8 Å². The second kappa shape index (κ2) is 8.38. The minimum absolute atomic E-state index is 0.117. The predicted octanol–water partition coefficient (Wildman–Crippen LogP) is 7.19. The van der Waals surface area contributed by atoms with Crippen LogP contribution < -0.4 is 5.32 Å². The molecule has 0 unspecified atom stereocenters. The molecule has 0 aliphatic heterocycles. The second-order valence-corrected chi connectivity index (χ2v) is 8.36. The third-order valence-corrected chi connectivity index (χ3v) is 5.95. The first-order chi connectivity index (χ1) is 14.9. The number of hydrogen-bond acceptors (Lipinski definition) is 3. The Bertz CT molecular complexity index is 1270. The molecule has 4 rings (SSSR count). The molecule has 3 aromatic carbocycles. The number of aryl methyl sites for hydroxylation is 3. The first kappa shape index (κ1) is 20.9. The van der Waals surface area contributed by atoms with Gasteiger partial charge in [-0.1, -0.05) is 43.7 Å². The summed E-state index contributed by atoms with van der Waals surface area (Å²) in [7, 11) is 0. The SMILES string of the molecule is CC[C@@H](C)c1ccc2oc(-c3ccc(C)c(NC(=O)c4ccc(C)cc4C)c3)nc2c1. The number of oxazole rings is 1. The van der Waals surface area contributed by atoms with E-state index in [9.17, 15) is 4.79 Å². The van der Waals surface area contributed by atoms with E-state index >= 15 is 0 Å². The van der Waals surface area contributed by atoms with Gasteiger partial charge in [0.15, 0.2) is 5.58 Å². The Morgan fingerprint density at radius 2 is 1.81 bits per heavy atom. The first-order valence-corrected chi connectivity index (χ1v) is 10.8. The molecule has 0 spiro atoms. The van der Waals surface area contributed by atoms with Gasteiger partial charge in [-0.25, -0.2) is 4.98 Å². The number of anilines is 1. The maximum Gasteiger partial charge on any atom is 0.255 e. The summed E-state index contributed by atoms with van der Waals surface area (Å²) in [6, 6.07) is 17.9. The monoisotopic (exact) mass is 412 g/mol. The van der Waals surface area contributed by atoms with E-state index in [1.807, 2.05) is 63.2 Å². The number of aromatic nitrogens is 1. The molecule has 4 heteroatoms. The maximum atomic E-state index is 12.9. The summed E-state index contributed by atoms with van der Waals surface area (Å²) in [6.07, 6.45) is 1.08. The van der Waals surface area contributed by atoms with Gasteiger partial charge in [-0.2, -0.15) is 0 Å². The maximum absolute atomic E-state index is 12.9. The number of nitrogens with zero attached hydrogens (tertiary/aromatic N) is 1. The Morgan fingerprint density at radius 3 is 2.55 bits per heavy atom. The van der Waals surface area contributed by atoms with Gasteiger partial charge in [-0.05, 0) is 80.1 Å². The Hall–Kier alpha value is -3.40. The number of hydrogen-bond donors (Lipinski definition) is 1. The highest BCUT2D eigenvalue weighted by Gasteiger charge is 2.14. The van der Waals surface area contributed by atoms with E-state index in [-0.39, 0.29) is 5.91 Å². The van der Waals surface area contributed by atoms with Crippen molar-refractivity contribution >= 4 is 22.7 Å². The van der Waals surface area contributed by atoms with Gasteiger partial charge in [0.25, 0.3) is 5.91 Å². The molecule has 1 heterocycles. The Balaban J connectivity index is 1.65. The molecular formula is C27H28N2O2. The molecule has 4 nitrogen and oxygen atoms in total. The summed E-state index contributed by atoms with van der Waals surface area (Å²) in [6.45, 7) is 10.4. The molecule has 0 radical (unpaired) electrons. The second-order valence-electron chi connectivity index (χ2n) is 8.36. The van der Waals surface area contributed by atoms with E-state index in [0.29, 0.717) is 17.4 Å². The molecule has 0 saturated heterocycles. The molecule has 0 fully saturated rings. The van der Waals surface area contributed by atoms with Crippen molar-refractivity contribution < 1.29 is 9.21 Å². The fourth-order valence-electron chi connectivity index (χ4n) is 3.76. The summed E-state index contributed by atoms with van der Waals surface area (Å²) < 4.78 is 6.02. The summed E-state index contributed by atoms with van der Waals surface area (Å²) in [4.78, 5) is 17.6. The van der Waals surface area contributed by atoms with Crippen molar-refractivity contribution in [1.82, 2.24) is 4.98 Å². The zero-order chi connectivity index (χ0) is 22.1. The number of fused-ring (bicyclic) bond motifs is 1. The Labute approximate surface area is 183 Å². The molecule has 1 aromatic heterocycles. The molecule has 31 heavy (non-hydrogen) atoms. The molecule has 0 aliphatic rings. The van der Waals surface area contributed by atoms with Crippen LogP contribution in [0.15, 0.2) is 59.0 Å². The molecular weight excluding hydrogens is 384 g/mol. The topological polar surface area (TPSA) is 55.1 Å². The standard InChI is InChI=1S/C27H28N2O2/c1-6-17(3)20-10-12-25-24(14-20)29-27(31-25)21-9-8-18(4)23(15-21)28-26(30)22-11-7-16(2)13-19(22)5/h7-15,17H,6H2,1-5H3,(H,28,30)/t17-/m1/s1. The zero-order valence-electron chi connectivity index (χ0n) is 18.7. The zero-order valence-corrected chi connectivity index (χ0v) is 18.7. The van der Waals surface area contributed by atoms with Gasteiger partial charge in [0, 0.05) is 16.8 Å². The average Bonchev–Trinajstić information content (AvgIpc) is 3.18. The summed E-state index contributed by atoms with van der Waals surface area (Å²) in [5.41, 5.74) is 8.24. The average molecular weight is 413 g/mol. The van der Waals surface area contributed by atoms with Crippen LogP contribution in [0, 0.1) is 20.8 Å². The molecule has 1 atom stereocenters. The lowest BCUT2D eigenvalue weighted by Gasteiger charge is -2.11. The van der Waals surface area contributed by atoms with Crippen LogP contribution in [0.3, 0.4) is 0 Å². The highest BCUT2D eigenvalue weighted by Crippen LogP contribution is 2.30. The van der Waals surface area contributed by atoms with Crippen LogP contribution in [0.4, 0.5) is 5.69 Å². The van der Waals surface area contributed by atoms with Gasteiger partial charge in [-0.15, -0.1) is 0 Å². The van der Waals surface area contributed by atoms with Crippen molar-refractivity contribution in [3.8, 4) is 11.5 Å². The van der Waals surface area contributed by atoms with E-state index in [2.05, 4.69) is 31.3 Å². The number of amides is 1. The lowest BCUT2D eigenvalue weighted by Crippen LogP contribution is -2.14. The third kappa shape index (κ3) is 4.24. The smallest absolute Gasteiger partial charge is 0.255 e. The fraction of sp³-hybridized carbons (Fsp3) is 0.259. The Kier molecular flexibility index (Phi) is 5.64. The number of benzene rings is 3. The first-order valence-electron chi connectivity index (χ1n) is 10.8. The molecule has 0 saturated carbocycles. The minimum atomic E-state index is -0.117. The van der Waals surface area contributed by atoms with E-state index < -0.39 is 0 Å². The van der Waals surface area contributed by atoms with Crippen molar-refractivity contribution in [2.24, 2.45) is 0 Å². The number of nitrogens with one attached hydrogen (secondary N) is 1. The van der Waals surface area contributed by atoms with Crippen LogP contribution in [-0.2, 0) is 0 Å². The van der Waals surface area contributed by atoms with Crippen molar-refractivity contribution in [2.45, 2.75) is 47.0 Å². The van der Waals surface area contributed by atoms with Gasteiger partial charge < -0.3 is 9.73 Å². The number of rotatable bonds is 5. The van der Waals surface area contributed by atoms with E-state index in [1.54, 1.807) is 0 Å². The van der Waals surface area contributed by atoms with Crippen molar-refractivity contribution in [2.75, 3.05) is 5.32 Å². The van der Waals surface area contributed by atoms with Gasteiger partial charge >= 0.3 is 0 Å². The van der Waals surface area contributed by atoms with Gasteiger partial charge in [-0.3, -0.25) is 4.79 Å². The highest BCUT2D eigenvalue weighted by atomic mass is 16.3. The predicted molar refractivity (Wildman–Crippen MR) is 127 cm³/mol. The normalized spacial score (nSPS) is 12.2. The van der Waals surface area contributed by atoms with E-state index in [4.69, 9.17) is 9.40 Å². The van der Waals surface area contributed by atoms with Gasteiger partial charge in [0.05, 0.1) is 0 Å². The largest absolute Gasteiger partial charge is 0.436 e. The van der Waals surface area contributed by atoms with E-state index in [0.717, 1.165) is 45.5 Å². The lowest BCUT2D eigenvalue weighted by atomic mass is 9.98. The number of carbonyl (C=O) groups excluding carboxylic acids is 1. The summed E-state index contributed by atoms with van der Waals surface area (Å²) in [5, 5.41) is 3.05. The van der Waals surface area contributed by atoms with Gasteiger partial charge in [0.1, 0.15) is 5.52 Å². The fourth-order valence-corrected chi connectivity index (χ4v) is 3.76. The summed E-state index contributed by atoms with van der Waals surface area (Å²) >= 11 is 0. The van der Waals surface area contributed by atoms with Crippen LogP contribution >= 0.6 is 0 Å². The van der Waals surface area contributed by atoms with Crippen molar-refractivity contribution in [3.05, 3.63) is 82.4 Å². The van der Waals surface area contributed by atoms with E-state index in [1.165, 1.54) is 5.56 Å². The van der Waals surface area contributed by atoms with Crippen LogP contribution in [-0.4, -0.2) is 10.9 Å². The van der Waals surface area contributed by atoms with Crippen molar-refractivity contribution in [3.63, 3.8) is 0 Å².